The van der Waals surface area contributed by atoms with Crippen molar-refractivity contribution in [1.82, 2.24) is 29.4 Å². The van der Waals surface area contributed by atoms with Crippen LogP contribution < -0.4 is 14.4 Å². The van der Waals surface area contributed by atoms with E-state index in [1.807, 2.05) is 36.4 Å². The van der Waals surface area contributed by atoms with E-state index in [0.29, 0.717) is 47.5 Å². The van der Waals surface area contributed by atoms with E-state index >= 15 is 0 Å². The fraction of sp³-hybridized carbons (Fsp3) is 0.383. The zero-order chi connectivity index (χ0) is 43.1. The molecular weight excluding hydrogens is 840 g/mol. The molecular formula is C47H49ClN8O6S. The summed E-state index contributed by atoms with van der Waals surface area (Å²) in [7, 11) is 0. The number of nitrogens with zero attached hydrogens (tertiary/aromatic N) is 6. The van der Waals surface area contributed by atoms with Gasteiger partial charge < -0.3 is 23.9 Å². The Bertz CT molecular complexity index is 2700. The third-order valence-electron chi connectivity index (χ3n) is 13.6. The molecule has 2 aliphatic carbocycles. The van der Waals surface area contributed by atoms with Crippen LogP contribution in [0.1, 0.15) is 67.3 Å². The highest BCUT2D eigenvalue weighted by Crippen LogP contribution is 2.55. The molecule has 1 unspecified atom stereocenters. The number of aromatic amines is 1. The minimum absolute atomic E-state index is 0.0825. The maximum atomic E-state index is 14.1. The summed E-state index contributed by atoms with van der Waals surface area (Å²) >= 11 is 4.14. The molecule has 3 fully saturated rings. The van der Waals surface area contributed by atoms with Crippen molar-refractivity contribution in [1.29, 1.82) is 0 Å². The Kier molecular flexibility index (Phi) is 11.6. The van der Waals surface area contributed by atoms with Gasteiger partial charge >= 0.3 is 0 Å². The van der Waals surface area contributed by atoms with Crippen molar-refractivity contribution >= 4 is 67.8 Å². The Morgan fingerprint density at radius 3 is 2.57 bits per heavy atom. The Hall–Kier alpha value is -5.45. The number of halogens is 1. The molecule has 14 nitrogen and oxygen atoms in total. The molecule has 1 atom stereocenters. The van der Waals surface area contributed by atoms with Crippen LogP contribution in [0.25, 0.3) is 27.5 Å². The minimum atomic E-state index is -2.15. The van der Waals surface area contributed by atoms with Crippen LogP contribution >= 0.6 is 11.6 Å². The van der Waals surface area contributed by atoms with E-state index in [2.05, 4.69) is 41.7 Å². The van der Waals surface area contributed by atoms with Crippen LogP contribution in [0.3, 0.4) is 0 Å². The van der Waals surface area contributed by atoms with Crippen molar-refractivity contribution in [2.45, 2.75) is 62.8 Å². The Morgan fingerprint density at radius 1 is 1.00 bits per heavy atom. The third kappa shape index (κ3) is 8.77. The first kappa shape index (κ1) is 41.6. The number of fused-ring (bicyclic) bond motifs is 2. The van der Waals surface area contributed by atoms with E-state index in [1.165, 1.54) is 48.5 Å². The lowest BCUT2D eigenvalue weighted by atomic mass is 9.59. The lowest BCUT2D eigenvalue weighted by Crippen LogP contribution is -2.47. The Morgan fingerprint density at radius 2 is 1.81 bits per heavy atom. The number of non-ortho nitro benzene ring substituents is 1. The van der Waals surface area contributed by atoms with Crippen molar-refractivity contribution < 1.29 is 23.7 Å². The summed E-state index contributed by atoms with van der Waals surface area (Å²) in [6, 6.07) is 20.3. The number of nitrogens with one attached hydrogen (secondary N) is 2. The number of benzene rings is 3. The number of H-pyrrole nitrogens is 1. The summed E-state index contributed by atoms with van der Waals surface area (Å²) in [4.78, 5) is 38.4. The van der Waals surface area contributed by atoms with E-state index in [1.54, 1.807) is 35.4 Å². The highest BCUT2D eigenvalue weighted by molar-refractivity contribution is 7.90. The molecule has 3 aromatic carbocycles. The van der Waals surface area contributed by atoms with Crippen molar-refractivity contribution in [3.8, 4) is 11.5 Å². The Labute approximate surface area is 373 Å². The molecule has 10 rings (SSSR count). The number of carbonyl (C=O) groups excluding carboxylic acids is 1. The average Bonchev–Trinajstić information content (AvgIpc) is 3.93. The van der Waals surface area contributed by atoms with Gasteiger partial charge in [-0.2, -0.15) is 9.82 Å². The number of nitro groups is 1. The molecule has 2 saturated heterocycles. The second-order valence-electron chi connectivity index (χ2n) is 17.5. The molecule has 3 aromatic heterocycles. The van der Waals surface area contributed by atoms with Crippen LogP contribution in [0.4, 0.5) is 11.4 Å². The van der Waals surface area contributed by atoms with Crippen molar-refractivity contribution in [2.75, 3.05) is 50.8 Å². The van der Waals surface area contributed by atoms with E-state index in [9.17, 15) is 19.5 Å². The summed E-state index contributed by atoms with van der Waals surface area (Å²) in [5.41, 5.74) is 6.67. The van der Waals surface area contributed by atoms with Crippen molar-refractivity contribution in [3.63, 3.8) is 0 Å². The monoisotopic (exact) mass is 888 g/mol. The highest BCUT2D eigenvalue weighted by Gasteiger charge is 2.41. The predicted octanol–water partition coefficient (Wildman–Crippen LogP) is 9.08. The first-order valence-corrected chi connectivity index (χ1v) is 23.3. The molecule has 0 bridgehead atoms. The van der Waals surface area contributed by atoms with E-state index in [-0.39, 0.29) is 27.8 Å². The van der Waals surface area contributed by atoms with Crippen LogP contribution in [-0.4, -0.2) is 86.0 Å². The fourth-order valence-electron chi connectivity index (χ4n) is 9.85. The van der Waals surface area contributed by atoms with E-state index in [0.717, 1.165) is 74.5 Å². The van der Waals surface area contributed by atoms with Crippen LogP contribution in [0.2, 0.25) is 5.02 Å². The second kappa shape index (κ2) is 17.6. The summed E-state index contributed by atoms with van der Waals surface area (Å²) in [6.45, 7) is 6.06. The van der Waals surface area contributed by atoms with Gasteiger partial charge in [-0.1, -0.05) is 35.7 Å². The van der Waals surface area contributed by atoms with Crippen LogP contribution in [0, 0.1) is 21.4 Å². The molecule has 0 radical (unpaired) electrons. The first-order valence-electron chi connectivity index (χ1n) is 21.8. The van der Waals surface area contributed by atoms with Gasteiger partial charge in [0, 0.05) is 92.3 Å². The fourth-order valence-corrected chi connectivity index (χ4v) is 10.8. The number of hydrogen-bond acceptors (Lipinski definition) is 10. The lowest BCUT2D eigenvalue weighted by molar-refractivity contribution is -0.383. The van der Waals surface area contributed by atoms with E-state index in [4.69, 9.17) is 21.1 Å². The predicted molar refractivity (Wildman–Crippen MR) is 244 cm³/mol. The number of aromatic nitrogens is 4. The molecule has 2 aliphatic heterocycles. The maximum Gasteiger partial charge on any atom is 0.300 e. The van der Waals surface area contributed by atoms with Crippen LogP contribution in [-0.2, 0) is 22.6 Å². The number of anilines is 1. The Balaban J connectivity index is 0.874. The molecule has 1 saturated carbocycles. The minimum Gasteiger partial charge on any atom is -0.588 e. The van der Waals surface area contributed by atoms with Crippen molar-refractivity contribution in [2.24, 2.45) is 11.3 Å². The summed E-state index contributed by atoms with van der Waals surface area (Å²) in [5.74, 6) is 0.316. The number of allylic oxidation sites excluding steroid dienone is 1. The zero-order valence-corrected chi connectivity index (χ0v) is 36.5. The van der Waals surface area contributed by atoms with Gasteiger partial charge in [0.25, 0.3) is 11.6 Å². The normalized spacial score (nSPS) is 18.8. The SMILES string of the molecule is O=C(N[S+]([O-])c1cc([N+](=O)[O-])c2c(cnn2CC2CCOCC2)c1)c1ccc(N2CCN(CC3=C(c4ccc(Cl)cc4)CC4(CCC4)CC3)CC2)cc1Oc1cnc2[nH]ccc2c1. The van der Waals surface area contributed by atoms with Gasteiger partial charge in [0.15, 0.2) is 4.90 Å². The number of nitro benzene ring substituents is 1. The number of carbonyl (C=O) groups is 1. The smallest absolute Gasteiger partial charge is 0.300 e. The number of rotatable bonds is 12. The van der Waals surface area contributed by atoms with Gasteiger partial charge in [0.1, 0.15) is 34.0 Å². The molecule has 5 heterocycles. The van der Waals surface area contributed by atoms with Gasteiger partial charge in [0.2, 0.25) is 0 Å². The number of hydrogen-bond donors (Lipinski definition) is 2. The van der Waals surface area contributed by atoms with Crippen LogP contribution in [0.5, 0.6) is 11.5 Å². The van der Waals surface area contributed by atoms with Gasteiger partial charge in [-0.3, -0.25) is 24.5 Å². The summed E-state index contributed by atoms with van der Waals surface area (Å²) in [6.07, 6.45) is 14.1. The van der Waals surface area contributed by atoms with Crippen LogP contribution in [0.15, 0.2) is 95.8 Å². The standard InChI is InChI=1S/C47H49ClN8O6S/c48-36-4-2-32(3-5-36)41-26-47(12-1-13-47)14-8-34(41)30-53-16-18-54(19-17-53)37-6-7-40(43(24-37)62-38-22-33-9-15-49-45(33)50-28-38)46(57)52-63(60)39-23-35-27-51-55(29-31-10-20-61-21-11-31)44(35)42(25-39)56(58)59/h2-7,9,15,22-25,27-28,31H,1,8,10-14,16-21,26,29-30H2,(H,49,50)(H,52,57). The maximum absolute atomic E-state index is 14.1. The lowest BCUT2D eigenvalue weighted by Gasteiger charge is -2.47. The topological polar surface area (TPSA) is 167 Å². The molecule has 1 spiro atoms. The average molecular weight is 889 g/mol. The molecule has 4 aliphatic rings. The first-order chi connectivity index (χ1) is 30.7. The summed E-state index contributed by atoms with van der Waals surface area (Å²) < 4.78 is 30.0. The van der Waals surface area contributed by atoms with Gasteiger partial charge in [-0.05, 0) is 104 Å². The van der Waals surface area contributed by atoms with Gasteiger partial charge in [0.05, 0.1) is 28.9 Å². The molecule has 2 N–H and O–H groups in total. The molecule has 326 valence electrons. The summed E-state index contributed by atoms with van der Waals surface area (Å²) in [5, 5.41) is 18.9. The van der Waals surface area contributed by atoms with Gasteiger partial charge in [-0.15, -0.1) is 0 Å². The molecule has 16 heteroatoms. The van der Waals surface area contributed by atoms with Crippen molar-refractivity contribution in [3.05, 3.63) is 117 Å². The van der Waals surface area contributed by atoms with E-state index < -0.39 is 22.2 Å². The number of ether oxygens (including phenoxy) is 2. The molecule has 6 aromatic rings. The van der Waals surface area contributed by atoms with Gasteiger partial charge in [-0.25, -0.2) is 4.98 Å². The molecule has 63 heavy (non-hydrogen) atoms. The highest BCUT2D eigenvalue weighted by atomic mass is 35.5. The number of piperazine rings is 1. The second-order valence-corrected chi connectivity index (χ2v) is 19.1. The largest absolute Gasteiger partial charge is 0.588 e. The number of pyridine rings is 1. The quantitative estimate of drug-likeness (QED) is 0.0688. The zero-order valence-electron chi connectivity index (χ0n) is 34.9. The third-order valence-corrected chi connectivity index (χ3v) is 14.8. The molecule has 1 amide bonds. The number of amides is 1.